The molecule has 0 saturated heterocycles. The summed E-state index contributed by atoms with van der Waals surface area (Å²) in [5.74, 6) is -0.798. The van der Waals surface area contributed by atoms with E-state index >= 15 is 0 Å². The molecule has 0 amide bonds. The lowest BCUT2D eigenvalue weighted by Gasteiger charge is -2.13. The van der Waals surface area contributed by atoms with Crippen LogP contribution < -0.4 is 0 Å². The molecule has 3 nitrogen and oxygen atoms in total. The molecule has 3 rings (SSSR count). The summed E-state index contributed by atoms with van der Waals surface area (Å²) >= 11 is 0. The third-order valence-electron chi connectivity index (χ3n) is 4.54. The van der Waals surface area contributed by atoms with Crippen LogP contribution in [0, 0.1) is 6.92 Å². The van der Waals surface area contributed by atoms with E-state index in [1.54, 1.807) is 0 Å². The Morgan fingerprint density at radius 3 is 2.04 bits per heavy atom. The summed E-state index contributed by atoms with van der Waals surface area (Å²) in [6.07, 6.45) is 1.03. The Balaban J connectivity index is 2.35. The van der Waals surface area contributed by atoms with Crippen molar-refractivity contribution in [2.75, 3.05) is 0 Å². The number of aromatic nitrogens is 1. The van der Waals surface area contributed by atoms with Crippen LogP contribution in [0.4, 0.5) is 0 Å². The van der Waals surface area contributed by atoms with E-state index < -0.39 is 5.97 Å². The number of rotatable bonds is 6. The summed E-state index contributed by atoms with van der Waals surface area (Å²) in [6.45, 7) is 5.05. The lowest BCUT2D eigenvalue weighted by molar-refractivity contribution is -0.136. The predicted octanol–water partition coefficient (Wildman–Crippen LogP) is 5.17. The number of benzene rings is 2. The summed E-state index contributed by atoms with van der Waals surface area (Å²) < 4.78 is 2.27. The van der Waals surface area contributed by atoms with Gasteiger partial charge in [0.1, 0.15) is 0 Å². The van der Waals surface area contributed by atoms with Crippen LogP contribution in [-0.4, -0.2) is 15.6 Å². The molecule has 0 aliphatic carbocycles. The van der Waals surface area contributed by atoms with E-state index in [9.17, 15) is 9.90 Å². The summed E-state index contributed by atoms with van der Waals surface area (Å²) in [4.78, 5) is 11.5. The summed E-state index contributed by atoms with van der Waals surface area (Å²) in [7, 11) is 0. The minimum Gasteiger partial charge on any atom is -0.481 e. The Bertz CT molecular complexity index is 864. The number of carbonyl (C=O) groups is 1. The molecule has 0 spiro atoms. The maximum atomic E-state index is 11.5. The SMILES string of the molecule is CCCn1c(C)c(CC(=O)O)c(-c2ccccc2)c1-c1ccccc1. The van der Waals surface area contributed by atoms with Gasteiger partial charge in [-0.05, 0) is 30.0 Å². The van der Waals surface area contributed by atoms with E-state index in [0.29, 0.717) is 0 Å². The molecule has 0 saturated carbocycles. The molecule has 1 aromatic heterocycles. The molecule has 0 aliphatic heterocycles. The van der Waals surface area contributed by atoms with Crippen molar-refractivity contribution in [1.82, 2.24) is 4.57 Å². The van der Waals surface area contributed by atoms with Crippen LogP contribution in [-0.2, 0) is 17.8 Å². The fourth-order valence-electron chi connectivity index (χ4n) is 3.47. The fraction of sp³-hybridized carbons (Fsp3) is 0.227. The maximum absolute atomic E-state index is 11.5. The van der Waals surface area contributed by atoms with Crippen LogP contribution >= 0.6 is 0 Å². The molecule has 1 N–H and O–H groups in total. The normalized spacial score (nSPS) is 10.8. The van der Waals surface area contributed by atoms with Gasteiger partial charge < -0.3 is 9.67 Å². The van der Waals surface area contributed by atoms with Crippen molar-refractivity contribution >= 4 is 5.97 Å². The predicted molar refractivity (Wildman–Crippen MR) is 102 cm³/mol. The van der Waals surface area contributed by atoms with E-state index in [1.807, 2.05) is 43.3 Å². The second-order valence-corrected chi connectivity index (χ2v) is 6.24. The average molecular weight is 333 g/mol. The second kappa shape index (κ2) is 7.39. The van der Waals surface area contributed by atoms with E-state index in [4.69, 9.17) is 0 Å². The molecule has 0 radical (unpaired) electrons. The monoisotopic (exact) mass is 333 g/mol. The fourth-order valence-corrected chi connectivity index (χ4v) is 3.47. The Morgan fingerprint density at radius 2 is 1.52 bits per heavy atom. The molecule has 2 aromatic carbocycles. The standard InChI is InChI=1S/C22H23NO2/c1-3-14-23-16(2)19(15-20(24)25)21(17-10-6-4-7-11-17)22(23)18-12-8-5-9-13-18/h4-13H,3,14-15H2,1-2H3,(H,24,25). The average Bonchev–Trinajstić information content (AvgIpc) is 2.89. The van der Waals surface area contributed by atoms with Crippen molar-refractivity contribution in [1.29, 1.82) is 0 Å². The van der Waals surface area contributed by atoms with Crippen LogP contribution in [0.5, 0.6) is 0 Å². The van der Waals surface area contributed by atoms with Crippen LogP contribution in [0.15, 0.2) is 60.7 Å². The highest BCUT2D eigenvalue weighted by Crippen LogP contribution is 2.39. The van der Waals surface area contributed by atoms with Gasteiger partial charge in [0.2, 0.25) is 0 Å². The van der Waals surface area contributed by atoms with Gasteiger partial charge in [0.25, 0.3) is 0 Å². The number of hydrogen-bond donors (Lipinski definition) is 1. The molecular weight excluding hydrogens is 310 g/mol. The van der Waals surface area contributed by atoms with Gasteiger partial charge in [-0.3, -0.25) is 4.79 Å². The zero-order chi connectivity index (χ0) is 17.8. The van der Waals surface area contributed by atoms with Crippen molar-refractivity contribution < 1.29 is 9.90 Å². The highest BCUT2D eigenvalue weighted by atomic mass is 16.4. The molecule has 3 aromatic rings. The minimum atomic E-state index is -0.798. The minimum absolute atomic E-state index is 0.0343. The Kier molecular flexibility index (Phi) is 5.03. The van der Waals surface area contributed by atoms with Crippen LogP contribution in [0.25, 0.3) is 22.4 Å². The van der Waals surface area contributed by atoms with Crippen molar-refractivity contribution in [3.63, 3.8) is 0 Å². The molecule has 128 valence electrons. The number of carboxylic acids is 1. The number of hydrogen-bond acceptors (Lipinski definition) is 1. The van der Waals surface area contributed by atoms with E-state index in [1.165, 1.54) is 0 Å². The number of carboxylic acid groups (broad SMARTS) is 1. The Labute approximate surface area is 148 Å². The van der Waals surface area contributed by atoms with Crippen LogP contribution in [0.1, 0.15) is 24.6 Å². The van der Waals surface area contributed by atoms with Gasteiger partial charge >= 0.3 is 5.97 Å². The molecule has 0 aliphatic rings. The largest absolute Gasteiger partial charge is 0.481 e. The van der Waals surface area contributed by atoms with Gasteiger partial charge in [-0.25, -0.2) is 0 Å². The van der Waals surface area contributed by atoms with E-state index in [0.717, 1.165) is 46.6 Å². The molecule has 3 heteroatoms. The second-order valence-electron chi connectivity index (χ2n) is 6.24. The quantitative estimate of drug-likeness (QED) is 0.676. The Morgan fingerprint density at radius 1 is 0.960 bits per heavy atom. The summed E-state index contributed by atoms with van der Waals surface area (Å²) in [6, 6.07) is 20.4. The number of nitrogens with zero attached hydrogens (tertiary/aromatic N) is 1. The first kappa shape index (κ1) is 17.0. The third kappa shape index (κ3) is 3.36. The lowest BCUT2D eigenvalue weighted by atomic mass is 9.95. The topological polar surface area (TPSA) is 42.2 Å². The smallest absolute Gasteiger partial charge is 0.307 e. The van der Waals surface area contributed by atoms with Crippen LogP contribution in [0.3, 0.4) is 0 Å². The van der Waals surface area contributed by atoms with Crippen molar-refractivity contribution in [3.8, 4) is 22.4 Å². The van der Waals surface area contributed by atoms with Gasteiger partial charge in [0, 0.05) is 17.8 Å². The zero-order valence-corrected chi connectivity index (χ0v) is 14.7. The zero-order valence-electron chi connectivity index (χ0n) is 14.7. The van der Waals surface area contributed by atoms with E-state index in [2.05, 4.69) is 35.8 Å². The summed E-state index contributed by atoms with van der Waals surface area (Å²) in [5.41, 5.74) is 6.29. The first-order valence-electron chi connectivity index (χ1n) is 8.68. The molecular formula is C22H23NO2. The van der Waals surface area contributed by atoms with Gasteiger partial charge in [0.15, 0.2) is 0 Å². The molecule has 0 atom stereocenters. The first-order chi connectivity index (χ1) is 12.1. The van der Waals surface area contributed by atoms with Gasteiger partial charge in [0.05, 0.1) is 12.1 Å². The maximum Gasteiger partial charge on any atom is 0.307 e. The highest BCUT2D eigenvalue weighted by molar-refractivity contribution is 5.88. The van der Waals surface area contributed by atoms with Gasteiger partial charge in [-0.2, -0.15) is 0 Å². The van der Waals surface area contributed by atoms with E-state index in [-0.39, 0.29) is 6.42 Å². The van der Waals surface area contributed by atoms with Crippen molar-refractivity contribution in [2.24, 2.45) is 0 Å². The molecule has 1 heterocycles. The van der Waals surface area contributed by atoms with Crippen molar-refractivity contribution in [2.45, 2.75) is 33.2 Å². The molecule has 0 bridgehead atoms. The number of aliphatic carboxylic acids is 1. The molecule has 0 fully saturated rings. The van der Waals surface area contributed by atoms with Gasteiger partial charge in [-0.1, -0.05) is 67.6 Å². The van der Waals surface area contributed by atoms with Crippen LogP contribution in [0.2, 0.25) is 0 Å². The molecule has 25 heavy (non-hydrogen) atoms. The third-order valence-corrected chi connectivity index (χ3v) is 4.54. The molecule has 0 unspecified atom stereocenters. The van der Waals surface area contributed by atoms with Gasteiger partial charge in [-0.15, -0.1) is 0 Å². The highest BCUT2D eigenvalue weighted by Gasteiger charge is 2.23. The van der Waals surface area contributed by atoms with Crippen molar-refractivity contribution in [3.05, 3.63) is 71.9 Å². The Hall–Kier alpha value is -2.81. The summed E-state index contributed by atoms with van der Waals surface area (Å²) in [5, 5.41) is 9.45. The first-order valence-corrected chi connectivity index (χ1v) is 8.68. The lowest BCUT2D eigenvalue weighted by Crippen LogP contribution is -2.04.